The minimum absolute atomic E-state index is 0.00663. The second kappa shape index (κ2) is 8.57. The fourth-order valence-electron chi connectivity index (χ4n) is 2.56. The topological polar surface area (TPSA) is 52.6 Å². The zero-order valence-electron chi connectivity index (χ0n) is 13.9. The van der Waals surface area contributed by atoms with Gasteiger partial charge in [0.2, 0.25) is 5.91 Å². The number of halogens is 1. The molecule has 2 aromatic carbocycles. The van der Waals surface area contributed by atoms with Crippen molar-refractivity contribution >= 4 is 5.91 Å². The third kappa shape index (κ3) is 5.15. The van der Waals surface area contributed by atoms with E-state index >= 15 is 0 Å². The normalized spacial score (nSPS) is 13.5. The number of nitrogens with one attached hydrogen (secondary N) is 1. The maximum absolute atomic E-state index is 13.4. The third-order valence-electron chi connectivity index (χ3n) is 3.91. The summed E-state index contributed by atoms with van der Waals surface area (Å²) in [5.41, 5.74) is 1.51. The molecule has 0 aromatic heterocycles. The Morgan fingerprint density at radius 1 is 1.12 bits per heavy atom. The molecule has 0 saturated heterocycles. The van der Waals surface area contributed by atoms with Crippen molar-refractivity contribution in [2.45, 2.75) is 18.6 Å². The van der Waals surface area contributed by atoms with Gasteiger partial charge in [0.15, 0.2) is 0 Å². The molecule has 0 radical (unpaired) electrons. The summed E-state index contributed by atoms with van der Waals surface area (Å²) in [5.74, 6) is -0.542. The van der Waals surface area contributed by atoms with Crippen LogP contribution in [0.15, 0.2) is 54.6 Å². The lowest BCUT2D eigenvalue weighted by Crippen LogP contribution is -2.35. The number of aliphatic hydroxyl groups is 1. The van der Waals surface area contributed by atoms with Gasteiger partial charge in [0.05, 0.1) is 18.6 Å². The van der Waals surface area contributed by atoms with Crippen LogP contribution in [0.25, 0.3) is 0 Å². The highest BCUT2D eigenvalue weighted by Gasteiger charge is 2.18. The predicted molar refractivity (Wildman–Crippen MR) is 91.9 cm³/mol. The molecule has 0 saturated carbocycles. The summed E-state index contributed by atoms with van der Waals surface area (Å²) in [6.45, 7) is 0.344. The lowest BCUT2D eigenvalue weighted by molar-refractivity contribution is -0.123. The van der Waals surface area contributed by atoms with Crippen molar-refractivity contribution in [3.63, 3.8) is 0 Å². The summed E-state index contributed by atoms with van der Waals surface area (Å²) >= 11 is 0. The first-order chi connectivity index (χ1) is 11.5. The third-order valence-corrected chi connectivity index (χ3v) is 3.91. The van der Waals surface area contributed by atoms with Gasteiger partial charge < -0.3 is 15.3 Å². The molecule has 0 aliphatic heterocycles. The van der Waals surface area contributed by atoms with Crippen LogP contribution in [0.2, 0.25) is 0 Å². The Morgan fingerprint density at radius 3 is 2.42 bits per heavy atom. The smallest absolute Gasteiger partial charge is 0.223 e. The maximum atomic E-state index is 13.4. The van der Waals surface area contributed by atoms with Gasteiger partial charge in [0, 0.05) is 6.54 Å². The maximum Gasteiger partial charge on any atom is 0.223 e. The average Bonchev–Trinajstić information content (AvgIpc) is 2.55. The van der Waals surface area contributed by atoms with E-state index in [2.05, 4.69) is 5.32 Å². The summed E-state index contributed by atoms with van der Waals surface area (Å²) in [6.07, 6.45) is -0.842. The Labute approximate surface area is 141 Å². The van der Waals surface area contributed by atoms with E-state index in [9.17, 15) is 14.3 Å². The molecule has 2 unspecified atom stereocenters. The molecular weight excluding hydrogens is 307 g/mol. The van der Waals surface area contributed by atoms with Crippen molar-refractivity contribution in [3.05, 3.63) is 71.5 Å². The molecule has 5 heteroatoms. The number of amides is 1. The van der Waals surface area contributed by atoms with Gasteiger partial charge in [-0.1, -0.05) is 42.5 Å². The highest BCUT2D eigenvalue weighted by Crippen LogP contribution is 2.19. The molecule has 0 aliphatic rings. The first kappa shape index (κ1) is 18.1. The molecule has 0 aliphatic carbocycles. The summed E-state index contributed by atoms with van der Waals surface area (Å²) < 4.78 is 13.4. The summed E-state index contributed by atoms with van der Waals surface area (Å²) in [5, 5.41) is 12.9. The van der Waals surface area contributed by atoms with Crippen LogP contribution in [-0.4, -0.2) is 36.6 Å². The standard InChI is InChI=1S/C19H23FN2O2/c1-22(2)17(15-9-6-10-16(20)11-15)13-21-19(24)12-18(23)14-7-4-3-5-8-14/h3-11,17-18,23H,12-13H2,1-2H3,(H,21,24). The lowest BCUT2D eigenvalue weighted by Gasteiger charge is -2.25. The monoisotopic (exact) mass is 330 g/mol. The fourth-order valence-corrected chi connectivity index (χ4v) is 2.56. The minimum atomic E-state index is -0.835. The largest absolute Gasteiger partial charge is 0.388 e. The van der Waals surface area contributed by atoms with Gasteiger partial charge in [-0.3, -0.25) is 4.79 Å². The molecule has 2 atom stereocenters. The van der Waals surface area contributed by atoms with Gasteiger partial charge in [0.25, 0.3) is 0 Å². The number of hydrogen-bond donors (Lipinski definition) is 2. The lowest BCUT2D eigenvalue weighted by atomic mass is 10.0. The van der Waals surface area contributed by atoms with Gasteiger partial charge in [-0.25, -0.2) is 4.39 Å². The van der Waals surface area contributed by atoms with Gasteiger partial charge in [-0.05, 0) is 37.4 Å². The first-order valence-electron chi connectivity index (χ1n) is 7.89. The van der Waals surface area contributed by atoms with Crippen LogP contribution in [0.5, 0.6) is 0 Å². The van der Waals surface area contributed by atoms with Crippen LogP contribution in [-0.2, 0) is 4.79 Å². The quantitative estimate of drug-likeness (QED) is 0.821. The molecule has 2 N–H and O–H groups in total. The Kier molecular flexibility index (Phi) is 6.46. The summed E-state index contributed by atoms with van der Waals surface area (Å²) in [6, 6.07) is 15.3. The predicted octanol–water partition coefficient (Wildman–Crippen LogP) is 2.67. The van der Waals surface area contributed by atoms with Crippen molar-refractivity contribution in [3.8, 4) is 0 Å². The van der Waals surface area contributed by atoms with Gasteiger partial charge in [0.1, 0.15) is 5.82 Å². The Morgan fingerprint density at radius 2 is 1.79 bits per heavy atom. The number of nitrogens with zero attached hydrogens (tertiary/aromatic N) is 1. The first-order valence-corrected chi connectivity index (χ1v) is 7.89. The molecule has 24 heavy (non-hydrogen) atoms. The van der Waals surface area contributed by atoms with Crippen molar-refractivity contribution in [1.29, 1.82) is 0 Å². The second-order valence-electron chi connectivity index (χ2n) is 5.97. The van der Waals surface area contributed by atoms with E-state index in [-0.39, 0.29) is 24.2 Å². The Bertz CT molecular complexity index is 661. The minimum Gasteiger partial charge on any atom is -0.388 e. The molecule has 2 aromatic rings. The number of hydrogen-bond acceptors (Lipinski definition) is 3. The number of rotatable bonds is 7. The molecule has 0 spiro atoms. The number of aliphatic hydroxyl groups excluding tert-OH is 1. The van der Waals surface area contributed by atoms with Gasteiger partial charge in [-0.15, -0.1) is 0 Å². The van der Waals surface area contributed by atoms with Crippen LogP contribution >= 0.6 is 0 Å². The zero-order valence-corrected chi connectivity index (χ0v) is 13.9. The van der Waals surface area contributed by atoms with E-state index in [0.29, 0.717) is 12.1 Å². The summed E-state index contributed by atoms with van der Waals surface area (Å²) in [7, 11) is 3.75. The molecule has 4 nitrogen and oxygen atoms in total. The van der Waals surface area contributed by atoms with Crippen molar-refractivity contribution in [1.82, 2.24) is 10.2 Å². The van der Waals surface area contributed by atoms with Crippen LogP contribution in [0.4, 0.5) is 4.39 Å². The molecule has 0 fully saturated rings. The fraction of sp³-hybridized carbons (Fsp3) is 0.316. The highest BCUT2D eigenvalue weighted by molar-refractivity contribution is 5.76. The van der Waals surface area contributed by atoms with Crippen LogP contribution in [0, 0.1) is 5.82 Å². The van der Waals surface area contributed by atoms with Crippen LogP contribution in [0.3, 0.4) is 0 Å². The zero-order chi connectivity index (χ0) is 17.5. The number of likely N-dealkylation sites (N-methyl/N-ethyl adjacent to an activating group) is 1. The van der Waals surface area contributed by atoms with E-state index in [1.807, 2.05) is 43.3 Å². The Balaban J connectivity index is 1.93. The average molecular weight is 330 g/mol. The van der Waals surface area contributed by atoms with E-state index in [4.69, 9.17) is 0 Å². The Hall–Kier alpha value is -2.24. The van der Waals surface area contributed by atoms with Crippen LogP contribution in [0.1, 0.15) is 29.7 Å². The highest BCUT2D eigenvalue weighted by atomic mass is 19.1. The van der Waals surface area contributed by atoms with E-state index in [0.717, 1.165) is 5.56 Å². The van der Waals surface area contributed by atoms with Crippen LogP contribution < -0.4 is 5.32 Å². The van der Waals surface area contributed by atoms with E-state index < -0.39 is 6.10 Å². The molecule has 1 amide bonds. The molecule has 0 heterocycles. The van der Waals surface area contributed by atoms with Crippen molar-refractivity contribution in [2.24, 2.45) is 0 Å². The molecule has 128 valence electrons. The van der Waals surface area contributed by atoms with E-state index in [1.54, 1.807) is 18.2 Å². The molecule has 0 bridgehead atoms. The van der Waals surface area contributed by atoms with Crippen molar-refractivity contribution in [2.75, 3.05) is 20.6 Å². The van der Waals surface area contributed by atoms with Crippen molar-refractivity contribution < 1.29 is 14.3 Å². The van der Waals surface area contributed by atoms with Gasteiger partial charge >= 0.3 is 0 Å². The molecular formula is C19H23FN2O2. The SMILES string of the molecule is CN(C)C(CNC(=O)CC(O)c1ccccc1)c1cccc(F)c1. The summed E-state index contributed by atoms with van der Waals surface area (Å²) in [4.78, 5) is 14.0. The van der Waals surface area contributed by atoms with Gasteiger partial charge in [-0.2, -0.15) is 0 Å². The number of carbonyl (C=O) groups excluding carboxylic acids is 1. The number of benzene rings is 2. The number of carbonyl (C=O) groups is 1. The molecule has 2 rings (SSSR count). The second-order valence-corrected chi connectivity index (χ2v) is 5.97. The van der Waals surface area contributed by atoms with E-state index in [1.165, 1.54) is 12.1 Å².